The van der Waals surface area contributed by atoms with Gasteiger partial charge in [0.2, 0.25) is 0 Å². The van der Waals surface area contributed by atoms with E-state index in [0.717, 1.165) is 11.1 Å². The molecular weight excluding hydrogens is 306 g/mol. The van der Waals surface area contributed by atoms with E-state index in [2.05, 4.69) is 5.32 Å². The molecule has 1 fully saturated rings. The number of hydrogen-bond acceptors (Lipinski definition) is 4. The lowest BCUT2D eigenvalue weighted by atomic mass is 10.1. The third-order valence-corrected chi connectivity index (χ3v) is 6.21. The molecule has 1 aromatic carbocycles. The van der Waals surface area contributed by atoms with Crippen LogP contribution in [0.3, 0.4) is 0 Å². The van der Waals surface area contributed by atoms with Crippen LogP contribution in [0.4, 0.5) is 0 Å². The van der Waals surface area contributed by atoms with Gasteiger partial charge >= 0.3 is 0 Å². The molecule has 1 aromatic heterocycles. The van der Waals surface area contributed by atoms with Gasteiger partial charge in [-0.05, 0) is 23.4 Å². The molecule has 2 aromatic rings. The first-order chi connectivity index (χ1) is 10.1. The minimum atomic E-state index is -2.98. The van der Waals surface area contributed by atoms with Gasteiger partial charge in [-0.2, -0.15) is 0 Å². The van der Waals surface area contributed by atoms with Crippen LogP contribution in [0.15, 0.2) is 41.8 Å². The standard InChI is InChI=1S/C15H15NO3S2/c17-15(16-12-7-9-21(18,19)10-12)14-13(6-8-20-14)11-4-2-1-3-5-11/h1-6,8,12H,7,9-10H2,(H,16,17). The lowest BCUT2D eigenvalue weighted by Crippen LogP contribution is -2.35. The molecule has 2 heterocycles. The lowest BCUT2D eigenvalue weighted by molar-refractivity contribution is 0.0946. The van der Waals surface area contributed by atoms with Crippen molar-refractivity contribution in [2.24, 2.45) is 0 Å². The minimum Gasteiger partial charge on any atom is -0.348 e. The van der Waals surface area contributed by atoms with Crippen LogP contribution in [0, 0.1) is 0 Å². The predicted molar refractivity (Wildman–Crippen MR) is 84.3 cm³/mol. The second-order valence-corrected chi connectivity index (χ2v) is 8.25. The van der Waals surface area contributed by atoms with Crippen molar-refractivity contribution in [3.8, 4) is 11.1 Å². The number of rotatable bonds is 3. The van der Waals surface area contributed by atoms with Gasteiger partial charge in [0.15, 0.2) is 9.84 Å². The fourth-order valence-electron chi connectivity index (χ4n) is 2.49. The highest BCUT2D eigenvalue weighted by Crippen LogP contribution is 2.28. The van der Waals surface area contributed by atoms with Crippen molar-refractivity contribution in [2.45, 2.75) is 12.5 Å². The second-order valence-electron chi connectivity index (χ2n) is 5.10. The molecule has 1 unspecified atom stereocenters. The molecule has 4 nitrogen and oxygen atoms in total. The summed E-state index contributed by atoms with van der Waals surface area (Å²) in [5.74, 6) is 0.0181. The Hall–Kier alpha value is -1.66. The van der Waals surface area contributed by atoms with Gasteiger partial charge in [0.25, 0.3) is 5.91 Å². The zero-order valence-corrected chi connectivity index (χ0v) is 12.9. The predicted octanol–water partition coefficient (Wildman–Crippen LogP) is 2.33. The molecule has 0 saturated carbocycles. The summed E-state index contributed by atoms with van der Waals surface area (Å²) in [5, 5.41) is 4.72. The van der Waals surface area contributed by atoms with Gasteiger partial charge in [0, 0.05) is 11.6 Å². The number of nitrogens with one attached hydrogen (secondary N) is 1. The smallest absolute Gasteiger partial charge is 0.262 e. The monoisotopic (exact) mass is 321 g/mol. The molecule has 0 bridgehead atoms. The van der Waals surface area contributed by atoms with E-state index in [9.17, 15) is 13.2 Å². The third-order valence-electron chi connectivity index (χ3n) is 3.52. The molecule has 110 valence electrons. The fraction of sp³-hybridized carbons (Fsp3) is 0.267. The van der Waals surface area contributed by atoms with E-state index in [0.29, 0.717) is 11.3 Å². The summed E-state index contributed by atoms with van der Waals surface area (Å²) in [6.07, 6.45) is 0.500. The average molecular weight is 321 g/mol. The summed E-state index contributed by atoms with van der Waals surface area (Å²) < 4.78 is 22.9. The number of benzene rings is 1. The van der Waals surface area contributed by atoms with Crippen molar-refractivity contribution in [2.75, 3.05) is 11.5 Å². The molecule has 0 spiro atoms. The number of carbonyl (C=O) groups is 1. The highest BCUT2D eigenvalue weighted by molar-refractivity contribution is 7.91. The van der Waals surface area contributed by atoms with Crippen LogP contribution in [0.1, 0.15) is 16.1 Å². The molecule has 0 radical (unpaired) electrons. The highest BCUT2D eigenvalue weighted by Gasteiger charge is 2.29. The van der Waals surface area contributed by atoms with Gasteiger partial charge in [-0.3, -0.25) is 4.79 Å². The van der Waals surface area contributed by atoms with E-state index >= 15 is 0 Å². The Morgan fingerprint density at radius 2 is 1.95 bits per heavy atom. The fourth-order valence-corrected chi connectivity index (χ4v) is 4.98. The largest absolute Gasteiger partial charge is 0.348 e. The van der Waals surface area contributed by atoms with Crippen LogP contribution in [-0.4, -0.2) is 31.9 Å². The molecule has 0 aliphatic carbocycles. The molecular formula is C15H15NO3S2. The van der Waals surface area contributed by atoms with Crippen molar-refractivity contribution in [1.29, 1.82) is 0 Å². The summed E-state index contributed by atoms with van der Waals surface area (Å²) in [7, 11) is -2.98. The van der Waals surface area contributed by atoms with Crippen molar-refractivity contribution >= 4 is 27.1 Å². The zero-order valence-electron chi connectivity index (χ0n) is 11.3. The number of thiophene rings is 1. The van der Waals surface area contributed by atoms with Crippen molar-refractivity contribution in [3.63, 3.8) is 0 Å². The van der Waals surface area contributed by atoms with Crippen molar-refractivity contribution in [1.82, 2.24) is 5.32 Å². The van der Waals surface area contributed by atoms with Gasteiger partial charge in [0.1, 0.15) is 0 Å². The molecule has 1 saturated heterocycles. The first-order valence-electron chi connectivity index (χ1n) is 6.69. The van der Waals surface area contributed by atoms with E-state index in [4.69, 9.17) is 0 Å². The Balaban J connectivity index is 1.79. The maximum absolute atomic E-state index is 12.4. The van der Waals surface area contributed by atoms with Crippen LogP contribution >= 0.6 is 11.3 Å². The Labute approximate surface area is 127 Å². The van der Waals surface area contributed by atoms with Gasteiger partial charge in [-0.15, -0.1) is 11.3 Å². The molecule has 6 heteroatoms. The van der Waals surface area contributed by atoms with Gasteiger partial charge < -0.3 is 5.32 Å². The quantitative estimate of drug-likeness (QED) is 0.944. The summed E-state index contributed by atoms with van der Waals surface area (Å²) in [5.41, 5.74) is 1.88. The SMILES string of the molecule is O=C(NC1CCS(=O)(=O)C1)c1sccc1-c1ccccc1. The molecule has 1 N–H and O–H groups in total. The van der Waals surface area contributed by atoms with E-state index in [1.807, 2.05) is 41.8 Å². The lowest BCUT2D eigenvalue weighted by Gasteiger charge is -2.11. The normalized spacial score (nSPS) is 20.3. The first-order valence-corrected chi connectivity index (χ1v) is 9.39. The maximum Gasteiger partial charge on any atom is 0.262 e. The Kier molecular flexibility index (Phi) is 3.82. The molecule has 3 rings (SSSR count). The van der Waals surface area contributed by atoms with E-state index < -0.39 is 9.84 Å². The summed E-state index contributed by atoms with van der Waals surface area (Å²) in [4.78, 5) is 13.0. The third kappa shape index (κ3) is 3.16. The van der Waals surface area contributed by atoms with Crippen LogP contribution in [-0.2, 0) is 9.84 Å². The molecule has 1 aliphatic rings. The average Bonchev–Trinajstić information content (AvgIpc) is 3.06. The van der Waals surface area contributed by atoms with Crippen molar-refractivity contribution in [3.05, 3.63) is 46.7 Å². The first kappa shape index (κ1) is 14.3. The number of sulfone groups is 1. The Morgan fingerprint density at radius 1 is 1.19 bits per heavy atom. The van der Waals surface area contributed by atoms with Crippen molar-refractivity contribution < 1.29 is 13.2 Å². The number of amides is 1. The number of carbonyl (C=O) groups excluding carboxylic acids is 1. The van der Waals surface area contributed by atoms with E-state index in [-0.39, 0.29) is 23.5 Å². The van der Waals surface area contributed by atoms with Gasteiger partial charge in [-0.25, -0.2) is 8.42 Å². The van der Waals surface area contributed by atoms with Crippen LogP contribution in [0.25, 0.3) is 11.1 Å². The van der Waals surface area contributed by atoms with E-state index in [1.165, 1.54) is 11.3 Å². The molecule has 1 amide bonds. The van der Waals surface area contributed by atoms with Crippen LogP contribution in [0.5, 0.6) is 0 Å². The van der Waals surface area contributed by atoms with Crippen LogP contribution in [0.2, 0.25) is 0 Å². The second kappa shape index (κ2) is 5.61. The maximum atomic E-state index is 12.4. The van der Waals surface area contributed by atoms with Gasteiger partial charge in [0.05, 0.1) is 16.4 Å². The zero-order chi connectivity index (χ0) is 14.9. The summed E-state index contributed by atoms with van der Waals surface area (Å²) >= 11 is 1.37. The topological polar surface area (TPSA) is 63.2 Å². The Morgan fingerprint density at radius 3 is 2.62 bits per heavy atom. The molecule has 1 aliphatic heterocycles. The summed E-state index contributed by atoms with van der Waals surface area (Å²) in [6, 6.07) is 11.3. The molecule has 21 heavy (non-hydrogen) atoms. The Bertz CT molecular complexity index is 750. The number of hydrogen-bond donors (Lipinski definition) is 1. The van der Waals surface area contributed by atoms with E-state index in [1.54, 1.807) is 0 Å². The van der Waals surface area contributed by atoms with Gasteiger partial charge in [-0.1, -0.05) is 30.3 Å². The van der Waals surface area contributed by atoms with Crippen LogP contribution < -0.4 is 5.32 Å². The molecule has 1 atom stereocenters. The summed E-state index contributed by atoms with van der Waals surface area (Å²) in [6.45, 7) is 0. The highest BCUT2D eigenvalue weighted by atomic mass is 32.2. The minimum absolute atomic E-state index is 0.0464.